The molecule has 1 rings (SSSR count). The molecular formula is C14H19BrN2O5S. The van der Waals surface area contributed by atoms with Gasteiger partial charge in [-0.1, -0.05) is 35.8 Å². The van der Waals surface area contributed by atoms with Crippen LogP contribution >= 0.6 is 15.9 Å². The number of hydrogen-bond acceptors (Lipinski definition) is 5. The minimum Gasteiger partial charge on any atom is -0.455 e. The second-order valence-electron chi connectivity index (χ2n) is 5.14. The van der Waals surface area contributed by atoms with Crippen molar-refractivity contribution in [1.82, 2.24) is 10.0 Å². The summed E-state index contributed by atoms with van der Waals surface area (Å²) in [6.45, 7) is 3.36. The first kappa shape index (κ1) is 19.6. The van der Waals surface area contributed by atoms with E-state index in [0.29, 0.717) is 11.0 Å². The Labute approximate surface area is 144 Å². The van der Waals surface area contributed by atoms with Crippen molar-refractivity contribution in [3.05, 3.63) is 28.7 Å². The van der Waals surface area contributed by atoms with Gasteiger partial charge in [0.25, 0.3) is 5.91 Å². The highest BCUT2D eigenvalue weighted by atomic mass is 79.9. The first-order valence-corrected chi connectivity index (χ1v) is 9.16. The average molecular weight is 407 g/mol. The molecule has 0 unspecified atom stereocenters. The van der Waals surface area contributed by atoms with E-state index in [-0.39, 0.29) is 10.8 Å². The number of hydrogen-bond donors (Lipinski definition) is 2. The van der Waals surface area contributed by atoms with Crippen LogP contribution < -0.4 is 10.0 Å². The molecule has 0 fully saturated rings. The Bertz CT molecular complexity index is 661. The van der Waals surface area contributed by atoms with Gasteiger partial charge in [0.15, 0.2) is 6.61 Å². The number of carbonyl (C=O) groups excluding carboxylic acids is 2. The zero-order valence-corrected chi connectivity index (χ0v) is 15.2. The quantitative estimate of drug-likeness (QED) is 0.628. The molecule has 0 heterocycles. The summed E-state index contributed by atoms with van der Waals surface area (Å²) in [5.74, 6) is -0.975. The molecule has 0 aliphatic carbocycles. The summed E-state index contributed by atoms with van der Waals surface area (Å²) >= 11 is 3.17. The van der Waals surface area contributed by atoms with E-state index in [0.717, 1.165) is 0 Å². The van der Waals surface area contributed by atoms with E-state index in [1.165, 1.54) is 12.1 Å². The van der Waals surface area contributed by atoms with Gasteiger partial charge in [0.1, 0.15) is 6.54 Å². The fourth-order valence-corrected chi connectivity index (χ4v) is 3.00. The van der Waals surface area contributed by atoms with Crippen molar-refractivity contribution in [2.24, 2.45) is 5.92 Å². The standard InChI is InChI=1S/C14H19BrN2O5S/c1-10(2)7-16-13(18)9-22-14(19)8-17-23(20,21)12-5-3-4-11(15)6-12/h3-6,10,17H,7-9H2,1-2H3,(H,16,18). The van der Waals surface area contributed by atoms with Crippen molar-refractivity contribution in [2.45, 2.75) is 18.7 Å². The molecule has 0 aliphatic rings. The molecule has 0 aromatic heterocycles. The third-order valence-corrected chi connectivity index (χ3v) is 4.48. The third-order valence-electron chi connectivity index (χ3n) is 2.58. The second kappa shape index (κ2) is 8.99. The van der Waals surface area contributed by atoms with Crippen molar-refractivity contribution in [1.29, 1.82) is 0 Å². The zero-order valence-electron chi connectivity index (χ0n) is 12.8. The Hall–Kier alpha value is -1.45. The summed E-state index contributed by atoms with van der Waals surface area (Å²) < 4.78 is 31.4. The van der Waals surface area contributed by atoms with Crippen molar-refractivity contribution < 1.29 is 22.7 Å². The van der Waals surface area contributed by atoms with Crippen LogP contribution in [0.25, 0.3) is 0 Å². The Morgan fingerprint density at radius 1 is 1.30 bits per heavy atom. The van der Waals surface area contributed by atoms with E-state index in [2.05, 4.69) is 26.0 Å². The van der Waals surface area contributed by atoms with Crippen LogP contribution in [0.15, 0.2) is 33.6 Å². The fraction of sp³-hybridized carbons (Fsp3) is 0.429. The lowest BCUT2D eigenvalue weighted by atomic mass is 10.2. The van der Waals surface area contributed by atoms with Gasteiger partial charge < -0.3 is 10.1 Å². The molecule has 9 heteroatoms. The topological polar surface area (TPSA) is 102 Å². The molecule has 7 nitrogen and oxygen atoms in total. The maximum atomic E-state index is 12.0. The second-order valence-corrected chi connectivity index (χ2v) is 7.82. The number of sulfonamides is 1. The third kappa shape index (κ3) is 7.58. The maximum absolute atomic E-state index is 12.0. The van der Waals surface area contributed by atoms with Crippen LogP contribution in [0.2, 0.25) is 0 Å². The summed E-state index contributed by atoms with van der Waals surface area (Å²) in [5.41, 5.74) is 0. The smallest absolute Gasteiger partial charge is 0.321 e. The van der Waals surface area contributed by atoms with Crippen LogP contribution in [0.3, 0.4) is 0 Å². The number of carbonyl (C=O) groups is 2. The highest BCUT2D eigenvalue weighted by Crippen LogP contribution is 2.15. The Morgan fingerprint density at radius 2 is 2.00 bits per heavy atom. The minimum absolute atomic E-state index is 0.0225. The van der Waals surface area contributed by atoms with Crippen molar-refractivity contribution in [2.75, 3.05) is 19.7 Å². The first-order valence-electron chi connectivity index (χ1n) is 6.88. The Kier molecular flexibility index (Phi) is 7.66. The number of ether oxygens (including phenoxy) is 1. The molecule has 0 aliphatic heterocycles. The summed E-state index contributed by atoms with van der Waals surface area (Å²) in [6, 6.07) is 6.06. The van der Waals surface area contributed by atoms with Crippen LogP contribution in [0.4, 0.5) is 0 Å². The number of nitrogens with one attached hydrogen (secondary N) is 2. The molecule has 0 spiro atoms. The number of rotatable bonds is 8. The van der Waals surface area contributed by atoms with E-state index in [4.69, 9.17) is 4.74 Å². The van der Waals surface area contributed by atoms with Gasteiger partial charge in [-0.25, -0.2) is 8.42 Å². The fourth-order valence-electron chi connectivity index (χ4n) is 1.44. The summed E-state index contributed by atoms with van der Waals surface area (Å²) in [7, 11) is -3.82. The van der Waals surface area contributed by atoms with E-state index in [1.807, 2.05) is 13.8 Å². The molecular weight excluding hydrogens is 388 g/mol. The molecule has 0 radical (unpaired) electrons. The summed E-state index contributed by atoms with van der Waals surface area (Å²) in [6.07, 6.45) is 0. The predicted octanol–water partition coefficient (Wildman–Crippen LogP) is 1.04. The lowest BCUT2D eigenvalue weighted by Crippen LogP contribution is -2.35. The zero-order chi connectivity index (χ0) is 17.5. The monoisotopic (exact) mass is 406 g/mol. The Morgan fingerprint density at radius 3 is 2.61 bits per heavy atom. The molecule has 0 bridgehead atoms. The normalized spacial score (nSPS) is 11.3. The van der Waals surface area contributed by atoms with Gasteiger partial charge in [-0.15, -0.1) is 0 Å². The van der Waals surface area contributed by atoms with Crippen molar-refractivity contribution >= 4 is 37.8 Å². The van der Waals surface area contributed by atoms with Gasteiger partial charge in [0.2, 0.25) is 10.0 Å². The van der Waals surface area contributed by atoms with Gasteiger partial charge in [-0.05, 0) is 24.1 Å². The van der Waals surface area contributed by atoms with E-state index in [9.17, 15) is 18.0 Å². The number of esters is 1. The van der Waals surface area contributed by atoms with Crippen LogP contribution in [-0.4, -0.2) is 40.0 Å². The molecule has 2 N–H and O–H groups in total. The Balaban J connectivity index is 2.42. The lowest BCUT2D eigenvalue weighted by Gasteiger charge is -2.09. The van der Waals surface area contributed by atoms with Crippen LogP contribution in [0.1, 0.15) is 13.8 Å². The number of halogens is 1. The van der Waals surface area contributed by atoms with Crippen LogP contribution in [0.5, 0.6) is 0 Å². The van der Waals surface area contributed by atoms with Gasteiger partial charge in [0, 0.05) is 11.0 Å². The molecule has 1 aromatic rings. The minimum atomic E-state index is -3.82. The van der Waals surface area contributed by atoms with Gasteiger partial charge in [-0.2, -0.15) is 4.72 Å². The van der Waals surface area contributed by atoms with Gasteiger partial charge in [-0.3, -0.25) is 9.59 Å². The average Bonchev–Trinajstić information content (AvgIpc) is 2.49. The lowest BCUT2D eigenvalue weighted by molar-refractivity contribution is -0.147. The predicted molar refractivity (Wildman–Crippen MR) is 88.1 cm³/mol. The van der Waals surface area contributed by atoms with Crippen LogP contribution in [-0.2, 0) is 24.3 Å². The first-order chi connectivity index (χ1) is 10.7. The molecule has 0 saturated heterocycles. The van der Waals surface area contributed by atoms with E-state index in [1.54, 1.807) is 12.1 Å². The van der Waals surface area contributed by atoms with Gasteiger partial charge in [0.05, 0.1) is 4.90 Å². The maximum Gasteiger partial charge on any atom is 0.321 e. The van der Waals surface area contributed by atoms with Crippen molar-refractivity contribution in [3.63, 3.8) is 0 Å². The van der Waals surface area contributed by atoms with Crippen molar-refractivity contribution in [3.8, 4) is 0 Å². The summed E-state index contributed by atoms with van der Waals surface area (Å²) in [4.78, 5) is 22.9. The van der Waals surface area contributed by atoms with E-state index < -0.39 is 35.1 Å². The highest BCUT2D eigenvalue weighted by molar-refractivity contribution is 9.10. The molecule has 1 amide bonds. The molecule has 23 heavy (non-hydrogen) atoms. The van der Waals surface area contributed by atoms with Crippen LogP contribution in [0, 0.1) is 5.92 Å². The SMILES string of the molecule is CC(C)CNC(=O)COC(=O)CNS(=O)(=O)c1cccc(Br)c1. The molecule has 0 atom stereocenters. The molecule has 0 saturated carbocycles. The largest absolute Gasteiger partial charge is 0.455 e. The molecule has 1 aromatic carbocycles. The van der Waals surface area contributed by atoms with Gasteiger partial charge >= 0.3 is 5.97 Å². The number of amides is 1. The summed E-state index contributed by atoms with van der Waals surface area (Å²) in [5, 5.41) is 2.58. The van der Waals surface area contributed by atoms with E-state index >= 15 is 0 Å². The highest BCUT2D eigenvalue weighted by Gasteiger charge is 2.16. The molecule has 128 valence electrons. The number of benzene rings is 1.